The highest BCUT2D eigenvalue weighted by Gasteiger charge is 1.98. The summed E-state index contributed by atoms with van der Waals surface area (Å²) in [5.74, 6) is 0. The summed E-state index contributed by atoms with van der Waals surface area (Å²) < 4.78 is 31.3. The van der Waals surface area contributed by atoms with Gasteiger partial charge in [-0.25, -0.2) is 19.5 Å². The number of hydrogen-bond acceptors (Lipinski definition) is 0. The average molecular weight is 587 g/mol. The molecule has 0 spiro atoms. The van der Waals surface area contributed by atoms with Gasteiger partial charge >= 0.3 is 6.68 Å². The number of H-pyrrole nitrogens is 3. The van der Waals surface area contributed by atoms with Crippen molar-refractivity contribution in [2.45, 2.75) is 97.2 Å². The number of aryl methyl sites for hydroxylation is 1. The highest BCUT2D eigenvalue weighted by Crippen LogP contribution is 2.11. The quantitative estimate of drug-likeness (QED) is 0.112. The van der Waals surface area contributed by atoms with E-state index in [-0.39, 0.29) is 0 Å². The highest BCUT2D eigenvalue weighted by molar-refractivity contribution is 4.84. The second-order valence-electron chi connectivity index (χ2n) is 9.48. The van der Waals surface area contributed by atoms with Crippen molar-refractivity contribution in [3.05, 3.63) is 122 Å². The van der Waals surface area contributed by atoms with E-state index in [0.29, 0.717) is 0 Å². The zero-order valence-electron chi connectivity index (χ0n) is 25.4. The second kappa shape index (κ2) is 33.6. The van der Waals surface area contributed by atoms with Crippen molar-refractivity contribution in [3.8, 4) is 0 Å². The van der Waals surface area contributed by atoms with Crippen molar-refractivity contribution in [2.24, 2.45) is 0 Å². The van der Waals surface area contributed by atoms with Crippen LogP contribution in [0.3, 0.4) is 0 Å². The smallest absolute Gasteiger partial charge is 0.218 e. The Balaban J connectivity index is 0.000000610. The van der Waals surface area contributed by atoms with E-state index >= 15 is 0 Å². The van der Waals surface area contributed by atoms with Crippen molar-refractivity contribution in [1.29, 1.82) is 0 Å². The molecule has 4 aromatic heterocycles. The number of aromatic amines is 3. The molecular weight excluding hydrogens is 533 g/mol. The van der Waals surface area contributed by atoms with Gasteiger partial charge in [-0.1, -0.05) is 95.4 Å². The molecule has 4 rings (SSSR count). The molecule has 4 heterocycles. The largest absolute Gasteiger partial charge is 0.379 e. The van der Waals surface area contributed by atoms with Gasteiger partial charge in [0, 0.05) is 55.0 Å². The van der Waals surface area contributed by atoms with E-state index in [9.17, 15) is 13.2 Å². The Kier molecular flexibility index (Phi) is 30.7. The van der Waals surface area contributed by atoms with Crippen LogP contribution in [0.4, 0.5) is 13.2 Å². The van der Waals surface area contributed by atoms with Gasteiger partial charge in [-0.3, -0.25) is 0 Å². The zero-order chi connectivity index (χ0) is 30.6. The predicted octanol–water partition coefficient (Wildman–Crippen LogP) is 8.36. The van der Waals surface area contributed by atoms with Crippen LogP contribution in [-0.4, -0.2) is 6.68 Å². The highest BCUT2D eigenvalue weighted by atomic mass is 19.4. The van der Waals surface area contributed by atoms with Crippen LogP contribution < -0.4 is 19.5 Å². The number of unbranched alkanes of at least 4 members (excludes halogenated alkanes) is 11. The molecule has 0 aromatic carbocycles. The van der Waals surface area contributed by atoms with Gasteiger partial charge in [0.15, 0.2) is 49.6 Å². The van der Waals surface area contributed by atoms with Gasteiger partial charge in [0.25, 0.3) is 0 Å². The Morgan fingerprint density at radius 3 is 0.976 bits per heavy atom. The van der Waals surface area contributed by atoms with E-state index in [1.54, 1.807) is 0 Å². The third-order valence-electron chi connectivity index (χ3n) is 5.87. The van der Waals surface area contributed by atoms with Crippen molar-refractivity contribution >= 4 is 0 Å². The first-order chi connectivity index (χ1) is 20.7. The summed E-state index contributed by atoms with van der Waals surface area (Å²) in [6, 6.07) is 23.9. The number of aromatic nitrogens is 4. The normalized spacial score (nSPS) is 9.45. The lowest BCUT2D eigenvalue weighted by Crippen LogP contribution is -2.32. The predicted molar refractivity (Wildman–Crippen MR) is 164 cm³/mol. The maximum absolute atomic E-state index is 9.67. The first-order valence-corrected chi connectivity index (χ1v) is 15.3. The van der Waals surface area contributed by atoms with Gasteiger partial charge in [0.2, 0.25) is 0 Å². The molecule has 0 saturated carbocycles. The minimum absolute atomic E-state index is 1.18. The van der Waals surface area contributed by atoms with Crippen molar-refractivity contribution < 1.29 is 32.7 Å². The van der Waals surface area contributed by atoms with Crippen LogP contribution in [0.1, 0.15) is 84.0 Å². The number of nitrogens with one attached hydrogen (secondary N) is 3. The zero-order valence-corrected chi connectivity index (χ0v) is 25.4. The lowest BCUT2D eigenvalue weighted by molar-refractivity contribution is -0.697. The Morgan fingerprint density at radius 1 is 0.429 bits per heavy atom. The molecule has 0 saturated heterocycles. The molecule has 4 aromatic rings. The second-order valence-corrected chi connectivity index (χ2v) is 9.48. The van der Waals surface area contributed by atoms with Gasteiger partial charge in [0.05, 0.1) is 0 Å². The third-order valence-corrected chi connectivity index (χ3v) is 5.87. The number of rotatable bonds is 13. The van der Waals surface area contributed by atoms with Crippen LogP contribution in [0.25, 0.3) is 0 Å². The lowest BCUT2D eigenvalue weighted by Gasteiger charge is -2.02. The number of pyridine rings is 4. The average Bonchev–Trinajstić information content (AvgIpc) is 3.05. The fourth-order valence-corrected chi connectivity index (χ4v) is 3.74. The molecule has 7 heteroatoms. The van der Waals surface area contributed by atoms with Crippen molar-refractivity contribution in [3.63, 3.8) is 0 Å². The molecule has 0 aliphatic carbocycles. The molecule has 4 nitrogen and oxygen atoms in total. The number of hydrogen-bond donors (Lipinski definition) is 0. The topological polar surface area (TPSA) is 46.3 Å². The summed E-state index contributed by atoms with van der Waals surface area (Å²) in [5.41, 5.74) is 0. The molecular formula is C35H53F3N4+4. The van der Waals surface area contributed by atoms with Crippen LogP contribution in [0.5, 0.6) is 0 Å². The third kappa shape index (κ3) is 34.4. The molecule has 0 bridgehead atoms. The van der Waals surface area contributed by atoms with Crippen molar-refractivity contribution in [1.82, 2.24) is 0 Å². The van der Waals surface area contributed by atoms with Crippen LogP contribution >= 0.6 is 0 Å². The standard InChI is InChI=1S/C19H34N.3C5H5N.CHF3/c1-2-3-4-5-6-7-8-9-10-11-12-14-17-20-18-15-13-16-19-20;3*1-2-4-6-5-3-1;2-1(3)4/h13,15-16,18-19H,2-12,14,17H2,1H3;3*1-5H;1H/q+1;;;;/p+3. The van der Waals surface area contributed by atoms with E-state index in [4.69, 9.17) is 0 Å². The molecule has 3 N–H and O–H groups in total. The number of nitrogens with zero attached hydrogens (tertiary/aromatic N) is 1. The lowest BCUT2D eigenvalue weighted by atomic mass is 10.1. The summed E-state index contributed by atoms with van der Waals surface area (Å²) in [5, 5.41) is 0. The van der Waals surface area contributed by atoms with Crippen LogP contribution in [0.2, 0.25) is 0 Å². The molecule has 0 aliphatic rings. The van der Waals surface area contributed by atoms with Crippen LogP contribution in [0.15, 0.2) is 122 Å². The Hall–Kier alpha value is -3.61. The maximum Gasteiger partial charge on any atom is 0.379 e. The van der Waals surface area contributed by atoms with Gasteiger partial charge < -0.3 is 0 Å². The van der Waals surface area contributed by atoms with Crippen LogP contribution in [-0.2, 0) is 6.54 Å². The molecule has 0 amide bonds. The molecule has 0 radical (unpaired) electrons. The number of alkyl halides is 3. The van der Waals surface area contributed by atoms with Gasteiger partial charge in [-0.15, -0.1) is 0 Å². The number of halogens is 3. The van der Waals surface area contributed by atoms with E-state index in [1.165, 1.54) is 83.6 Å². The molecule has 0 atom stereocenters. The summed E-state index contributed by atoms with van der Waals surface area (Å²) in [6.45, 7) is -0.200. The minimum atomic E-state index is -3.67. The minimum Gasteiger partial charge on any atom is -0.218 e. The molecule has 0 unspecified atom stereocenters. The maximum atomic E-state index is 9.67. The Labute approximate surface area is 252 Å². The first kappa shape index (κ1) is 38.4. The van der Waals surface area contributed by atoms with Crippen molar-refractivity contribution in [2.75, 3.05) is 0 Å². The SMILES string of the molecule is CCCCCCCCCCCCCC[n+]1ccccc1.FC(F)F.c1cc[nH+]cc1.c1cc[nH+]cc1.c1cc[nH+]cc1. The summed E-state index contributed by atoms with van der Waals surface area (Å²) >= 11 is 0. The fourth-order valence-electron chi connectivity index (χ4n) is 3.74. The summed E-state index contributed by atoms with van der Waals surface area (Å²) in [7, 11) is 0. The Morgan fingerprint density at radius 2 is 0.714 bits per heavy atom. The van der Waals surface area contributed by atoms with E-state index < -0.39 is 6.68 Å². The van der Waals surface area contributed by atoms with Gasteiger partial charge in [-0.2, -0.15) is 13.2 Å². The van der Waals surface area contributed by atoms with E-state index in [0.717, 1.165) is 0 Å². The molecule has 42 heavy (non-hydrogen) atoms. The first-order valence-electron chi connectivity index (χ1n) is 15.3. The van der Waals surface area contributed by atoms with Gasteiger partial charge in [0.1, 0.15) is 6.54 Å². The van der Waals surface area contributed by atoms with Gasteiger partial charge in [-0.05, 0) is 6.42 Å². The molecule has 0 fully saturated rings. The summed E-state index contributed by atoms with van der Waals surface area (Å²) in [4.78, 5) is 8.68. The molecule has 0 aliphatic heterocycles. The fraction of sp³-hybridized carbons (Fsp3) is 0.429. The Bertz CT molecular complexity index is 809. The van der Waals surface area contributed by atoms with E-state index in [1.807, 2.05) is 91.8 Å². The van der Waals surface area contributed by atoms with E-state index in [2.05, 4.69) is 57.0 Å². The molecule has 230 valence electrons. The summed E-state index contributed by atoms with van der Waals surface area (Å²) in [6.07, 6.45) is 32.7. The monoisotopic (exact) mass is 586 g/mol. The van der Waals surface area contributed by atoms with Crippen LogP contribution in [0, 0.1) is 0 Å².